The minimum Gasteiger partial charge on any atom is -0.379 e. The van der Waals surface area contributed by atoms with Crippen LogP contribution in [0.3, 0.4) is 0 Å². The van der Waals surface area contributed by atoms with E-state index in [-0.39, 0.29) is 5.41 Å². The molecule has 4 aliphatic rings. The molecule has 144 valence electrons. The van der Waals surface area contributed by atoms with E-state index in [0.717, 1.165) is 52.6 Å². The van der Waals surface area contributed by atoms with Crippen LogP contribution in [0.4, 0.5) is 0 Å². The zero-order chi connectivity index (χ0) is 17.0. The quantitative estimate of drug-likeness (QED) is 0.232. The summed E-state index contributed by atoms with van der Waals surface area (Å²) in [6, 6.07) is 2.06. The minimum absolute atomic E-state index is 0.243. The van der Waals surface area contributed by atoms with Gasteiger partial charge in [0.15, 0.2) is 0 Å². The van der Waals surface area contributed by atoms with Crippen LogP contribution in [0.15, 0.2) is 0 Å². The van der Waals surface area contributed by atoms with Crippen LogP contribution in [0.25, 0.3) is 0 Å². The summed E-state index contributed by atoms with van der Waals surface area (Å²) in [5.41, 5.74) is -0.243. The SMILES string of the molecule is C1NC1COCC(COCC1CN1)(COCC1CN1)COCC1CN1. The van der Waals surface area contributed by atoms with Crippen molar-refractivity contribution in [2.75, 3.05) is 79.0 Å². The molecule has 4 fully saturated rings. The molecule has 0 spiro atoms. The Labute approximate surface area is 149 Å². The molecule has 0 aliphatic carbocycles. The Morgan fingerprint density at radius 1 is 0.520 bits per heavy atom. The summed E-state index contributed by atoms with van der Waals surface area (Å²) in [7, 11) is 0. The summed E-state index contributed by atoms with van der Waals surface area (Å²) >= 11 is 0. The van der Waals surface area contributed by atoms with Gasteiger partial charge in [-0.3, -0.25) is 0 Å². The third-order valence-corrected chi connectivity index (χ3v) is 4.88. The average molecular weight is 356 g/mol. The molecule has 0 aromatic rings. The summed E-state index contributed by atoms with van der Waals surface area (Å²) in [5.74, 6) is 0. The van der Waals surface area contributed by atoms with E-state index >= 15 is 0 Å². The van der Waals surface area contributed by atoms with Gasteiger partial charge in [0.1, 0.15) is 0 Å². The van der Waals surface area contributed by atoms with Crippen molar-refractivity contribution in [1.82, 2.24) is 21.3 Å². The van der Waals surface area contributed by atoms with E-state index in [0.29, 0.717) is 50.6 Å². The third kappa shape index (κ3) is 7.07. The minimum atomic E-state index is -0.243. The maximum atomic E-state index is 5.99. The maximum absolute atomic E-state index is 5.99. The molecule has 0 bridgehead atoms. The van der Waals surface area contributed by atoms with Gasteiger partial charge in [0.25, 0.3) is 0 Å². The van der Waals surface area contributed by atoms with Crippen molar-refractivity contribution in [2.45, 2.75) is 24.2 Å². The summed E-state index contributed by atoms with van der Waals surface area (Å²) in [6.45, 7) is 9.68. The molecule has 8 heteroatoms. The van der Waals surface area contributed by atoms with E-state index in [2.05, 4.69) is 21.3 Å². The zero-order valence-electron chi connectivity index (χ0n) is 14.9. The first-order valence-electron chi connectivity index (χ1n) is 9.56. The summed E-state index contributed by atoms with van der Waals surface area (Å²) in [5, 5.41) is 13.1. The smallest absolute Gasteiger partial charge is 0.0637 e. The molecule has 4 saturated heterocycles. The van der Waals surface area contributed by atoms with Crippen molar-refractivity contribution in [1.29, 1.82) is 0 Å². The van der Waals surface area contributed by atoms with Crippen LogP contribution in [0.5, 0.6) is 0 Å². The van der Waals surface area contributed by atoms with Gasteiger partial charge in [0, 0.05) is 50.3 Å². The van der Waals surface area contributed by atoms with Crippen molar-refractivity contribution in [3.8, 4) is 0 Å². The van der Waals surface area contributed by atoms with Crippen molar-refractivity contribution < 1.29 is 18.9 Å². The van der Waals surface area contributed by atoms with Gasteiger partial charge < -0.3 is 40.2 Å². The van der Waals surface area contributed by atoms with Crippen molar-refractivity contribution in [3.63, 3.8) is 0 Å². The van der Waals surface area contributed by atoms with E-state index < -0.39 is 0 Å². The lowest BCUT2D eigenvalue weighted by atomic mass is 9.92. The van der Waals surface area contributed by atoms with Crippen LogP contribution in [-0.4, -0.2) is 103 Å². The molecule has 0 aromatic heterocycles. The Kier molecular flexibility index (Phi) is 6.20. The molecule has 8 nitrogen and oxygen atoms in total. The molecule has 4 heterocycles. The first-order valence-corrected chi connectivity index (χ1v) is 9.56. The van der Waals surface area contributed by atoms with Crippen molar-refractivity contribution in [3.05, 3.63) is 0 Å². The summed E-state index contributed by atoms with van der Waals surface area (Å²) < 4.78 is 24.0. The van der Waals surface area contributed by atoms with Crippen molar-refractivity contribution in [2.24, 2.45) is 5.41 Å². The maximum Gasteiger partial charge on any atom is 0.0637 e. The molecule has 25 heavy (non-hydrogen) atoms. The number of rotatable bonds is 16. The molecule has 0 aromatic carbocycles. The van der Waals surface area contributed by atoms with Crippen molar-refractivity contribution >= 4 is 0 Å². The van der Waals surface area contributed by atoms with Crippen LogP contribution in [-0.2, 0) is 18.9 Å². The second-order valence-electron chi connectivity index (χ2n) is 7.98. The number of hydrogen-bond acceptors (Lipinski definition) is 8. The Bertz CT molecular complexity index is 334. The average Bonchev–Trinajstić information content (AvgIpc) is 3.44. The lowest BCUT2D eigenvalue weighted by molar-refractivity contribution is -0.106. The molecule has 4 aliphatic heterocycles. The summed E-state index contributed by atoms with van der Waals surface area (Å²) in [4.78, 5) is 0. The van der Waals surface area contributed by atoms with E-state index in [1.54, 1.807) is 0 Å². The van der Waals surface area contributed by atoms with E-state index in [1.165, 1.54) is 0 Å². The Hall–Kier alpha value is -0.320. The molecule has 0 saturated carbocycles. The molecule has 4 rings (SSSR count). The molecule has 0 amide bonds. The number of hydrogen-bond donors (Lipinski definition) is 4. The highest BCUT2D eigenvalue weighted by Gasteiger charge is 2.36. The third-order valence-electron chi connectivity index (χ3n) is 4.88. The Morgan fingerprint density at radius 2 is 0.760 bits per heavy atom. The Morgan fingerprint density at radius 3 is 0.960 bits per heavy atom. The van der Waals surface area contributed by atoms with E-state index in [4.69, 9.17) is 18.9 Å². The monoisotopic (exact) mass is 356 g/mol. The molecule has 4 N–H and O–H groups in total. The zero-order valence-corrected chi connectivity index (χ0v) is 14.9. The topological polar surface area (TPSA) is 125 Å². The van der Waals surface area contributed by atoms with Gasteiger partial charge in [0.2, 0.25) is 0 Å². The molecular weight excluding hydrogens is 324 g/mol. The second kappa shape index (κ2) is 8.58. The Balaban J connectivity index is 1.27. The van der Waals surface area contributed by atoms with Gasteiger partial charge in [-0.25, -0.2) is 0 Å². The molecule has 4 atom stereocenters. The predicted octanol–water partition coefficient (Wildman–Crippen LogP) is -2.07. The van der Waals surface area contributed by atoms with Crippen LogP contribution in [0.2, 0.25) is 0 Å². The van der Waals surface area contributed by atoms with Gasteiger partial charge in [-0.05, 0) is 0 Å². The largest absolute Gasteiger partial charge is 0.379 e. The number of nitrogens with one attached hydrogen (secondary N) is 4. The van der Waals surface area contributed by atoms with Gasteiger partial charge in [-0.1, -0.05) is 0 Å². The van der Waals surface area contributed by atoms with Crippen LogP contribution in [0, 0.1) is 5.41 Å². The second-order valence-corrected chi connectivity index (χ2v) is 7.98. The standard InChI is InChI=1S/C17H32N4O4/c1-13(18-1)5-22-9-17(10-23-6-14-2-19-14,11-24-7-15-3-20-15)12-25-8-16-4-21-16/h13-16,18-21H,1-12H2. The fourth-order valence-electron chi connectivity index (χ4n) is 2.73. The predicted molar refractivity (Wildman–Crippen MR) is 92.9 cm³/mol. The molecule has 4 unspecified atom stereocenters. The fourth-order valence-corrected chi connectivity index (χ4v) is 2.73. The normalized spacial score (nSPS) is 34.6. The van der Waals surface area contributed by atoms with Gasteiger partial charge in [-0.15, -0.1) is 0 Å². The lowest BCUT2D eigenvalue weighted by Crippen LogP contribution is -2.43. The lowest BCUT2D eigenvalue weighted by Gasteiger charge is -2.33. The molecular formula is C17H32N4O4. The highest BCUT2D eigenvalue weighted by Crippen LogP contribution is 2.22. The number of ether oxygens (including phenoxy) is 4. The van der Waals surface area contributed by atoms with Crippen LogP contribution < -0.4 is 21.3 Å². The first-order chi connectivity index (χ1) is 12.3. The van der Waals surface area contributed by atoms with Gasteiger partial charge in [-0.2, -0.15) is 0 Å². The van der Waals surface area contributed by atoms with Gasteiger partial charge >= 0.3 is 0 Å². The fraction of sp³-hybridized carbons (Fsp3) is 1.00. The highest BCUT2D eigenvalue weighted by molar-refractivity contribution is 4.88. The van der Waals surface area contributed by atoms with E-state index in [1.807, 2.05) is 0 Å². The van der Waals surface area contributed by atoms with Crippen LogP contribution >= 0.6 is 0 Å². The van der Waals surface area contributed by atoms with E-state index in [9.17, 15) is 0 Å². The van der Waals surface area contributed by atoms with Gasteiger partial charge in [0.05, 0.1) is 58.3 Å². The molecule has 0 radical (unpaired) electrons. The first kappa shape index (κ1) is 18.1. The highest BCUT2D eigenvalue weighted by atomic mass is 16.5. The van der Waals surface area contributed by atoms with Crippen LogP contribution in [0.1, 0.15) is 0 Å². The summed E-state index contributed by atoms with van der Waals surface area (Å²) in [6.07, 6.45) is 0.